The van der Waals surface area contributed by atoms with Crippen LogP contribution in [0.25, 0.3) is 0 Å². The molecule has 1 aromatic heterocycles. The average molecular weight is 698 g/mol. The van der Waals surface area contributed by atoms with E-state index < -0.39 is 9.84 Å². The van der Waals surface area contributed by atoms with Crippen LogP contribution in [0.4, 0.5) is 4.79 Å². The maximum atomic E-state index is 13.1. The molecule has 0 bridgehead atoms. The van der Waals surface area contributed by atoms with Gasteiger partial charge in [-0.2, -0.15) is 0 Å². The van der Waals surface area contributed by atoms with Gasteiger partial charge in [0, 0.05) is 68.6 Å². The number of hydrogen-bond donors (Lipinski definition) is 1. The normalized spacial score (nSPS) is 22.5. The van der Waals surface area contributed by atoms with Crippen molar-refractivity contribution >= 4 is 15.9 Å². The number of allylic oxidation sites excluding steroid dienone is 4. The number of nitrogens with one attached hydrogen (secondary N) is 1. The third-order valence-electron chi connectivity index (χ3n) is 11.2. The molecule has 2 aromatic carbocycles. The summed E-state index contributed by atoms with van der Waals surface area (Å²) in [6.07, 6.45) is 15.4. The Kier molecular flexibility index (Phi) is 11.3. The van der Waals surface area contributed by atoms with Crippen molar-refractivity contribution in [3.8, 4) is 0 Å². The average Bonchev–Trinajstić information content (AvgIpc) is 3.82. The first kappa shape index (κ1) is 35.7. The smallest absolute Gasteiger partial charge is 0.407 e. The molecule has 0 radical (unpaired) electrons. The van der Waals surface area contributed by atoms with Crippen LogP contribution in [0.15, 0.2) is 120 Å². The molecule has 50 heavy (non-hydrogen) atoms. The van der Waals surface area contributed by atoms with E-state index in [2.05, 4.69) is 67.8 Å². The lowest BCUT2D eigenvalue weighted by Gasteiger charge is -2.51. The lowest BCUT2D eigenvalue weighted by Crippen LogP contribution is -2.55. The summed E-state index contributed by atoms with van der Waals surface area (Å²) in [5.41, 5.74) is 2.18. The van der Waals surface area contributed by atoms with E-state index in [4.69, 9.17) is 4.74 Å². The van der Waals surface area contributed by atoms with Crippen LogP contribution >= 0.6 is 0 Å². The van der Waals surface area contributed by atoms with Gasteiger partial charge in [-0.25, -0.2) is 18.2 Å². The zero-order chi connectivity index (χ0) is 35.1. The zero-order valence-electron chi connectivity index (χ0n) is 29.4. The predicted molar refractivity (Wildman–Crippen MR) is 197 cm³/mol. The van der Waals surface area contributed by atoms with Crippen LogP contribution in [-0.2, 0) is 26.5 Å². The number of imidazole rings is 1. The number of carbonyl (C=O) groups is 1. The van der Waals surface area contributed by atoms with Crippen LogP contribution < -0.4 is 5.32 Å². The first-order valence-corrected chi connectivity index (χ1v) is 19.4. The Labute approximate surface area is 297 Å². The number of alkyl carbamates (subject to hydrolysis) is 1. The van der Waals surface area contributed by atoms with Crippen molar-refractivity contribution in [2.75, 3.05) is 39.8 Å². The summed E-state index contributed by atoms with van der Waals surface area (Å²) in [5, 5.41) is 2.68. The summed E-state index contributed by atoms with van der Waals surface area (Å²) in [6.45, 7) is 11.6. The monoisotopic (exact) mass is 697 g/mol. The minimum Gasteiger partial charge on any atom is -0.446 e. The molecular formula is C40H51N5O4S. The fourth-order valence-corrected chi connectivity index (χ4v) is 9.91. The molecule has 0 spiro atoms. The molecule has 3 aliphatic rings. The molecule has 2 aliphatic heterocycles. The summed E-state index contributed by atoms with van der Waals surface area (Å²) in [7, 11) is -1.98. The third-order valence-corrected chi connectivity index (χ3v) is 13.0. The van der Waals surface area contributed by atoms with E-state index in [0.29, 0.717) is 11.8 Å². The Balaban J connectivity index is 1.12. The van der Waals surface area contributed by atoms with Crippen LogP contribution in [0.3, 0.4) is 0 Å². The number of ether oxygens (including phenoxy) is 1. The lowest BCUT2D eigenvalue weighted by molar-refractivity contribution is -0.00132. The summed E-state index contributed by atoms with van der Waals surface area (Å²) < 4.78 is 34.5. The van der Waals surface area contributed by atoms with Gasteiger partial charge in [-0.3, -0.25) is 0 Å². The Morgan fingerprint density at radius 3 is 2.36 bits per heavy atom. The lowest BCUT2D eigenvalue weighted by atomic mass is 9.58. The number of piperidine rings is 1. The first-order chi connectivity index (χ1) is 24.2. The molecule has 6 rings (SSSR count). The molecule has 3 atom stereocenters. The second-order valence-corrected chi connectivity index (χ2v) is 16.1. The molecule has 1 unspecified atom stereocenters. The molecule has 1 amide bonds. The standard InChI is InChI=1S/C40H51N5O4S/c1-4-35(50(47,48)36-14-9-6-10-15-36)19-18-31(2)45-27-32(28-45)26-43-23-20-34(21-24-43)40(29-44-25-22-42-30-44,33-12-7-5-8-13-33)37-16-11-17-38(37)49-39(46)41-3/h4-10,12-15,18-19,22,25,30,32,34,37-38H,1,11,16-17,20-21,23-24,26-29H2,2-3H3,(H,41,46)/b31-18+,35-19+/t37-,38-,40?/m1/s1. The number of benzene rings is 2. The van der Waals surface area contributed by atoms with Gasteiger partial charge in [0.15, 0.2) is 0 Å². The van der Waals surface area contributed by atoms with E-state index in [1.54, 1.807) is 37.4 Å². The van der Waals surface area contributed by atoms with Crippen molar-refractivity contribution in [1.82, 2.24) is 24.7 Å². The van der Waals surface area contributed by atoms with E-state index in [0.717, 1.165) is 77.1 Å². The largest absolute Gasteiger partial charge is 0.446 e. The quantitative estimate of drug-likeness (QED) is 0.206. The fourth-order valence-electron chi connectivity index (χ4n) is 8.65. The highest BCUT2D eigenvalue weighted by Gasteiger charge is 2.53. The van der Waals surface area contributed by atoms with Crippen molar-refractivity contribution in [3.05, 3.63) is 120 Å². The van der Waals surface area contributed by atoms with Crippen molar-refractivity contribution in [1.29, 1.82) is 0 Å². The molecule has 3 aromatic rings. The van der Waals surface area contributed by atoms with Gasteiger partial charge in [0.25, 0.3) is 0 Å². The number of hydrogen-bond acceptors (Lipinski definition) is 7. The number of likely N-dealkylation sites (tertiary alicyclic amines) is 2. The van der Waals surface area contributed by atoms with Gasteiger partial charge < -0.3 is 24.4 Å². The van der Waals surface area contributed by atoms with E-state index in [1.165, 1.54) is 11.6 Å². The molecule has 1 N–H and O–H groups in total. The highest BCUT2D eigenvalue weighted by molar-refractivity contribution is 7.95. The van der Waals surface area contributed by atoms with Crippen LogP contribution in [0.1, 0.15) is 44.6 Å². The Hall–Kier alpha value is -4.15. The number of nitrogens with zero attached hydrogens (tertiary/aromatic N) is 4. The SMILES string of the molecule is C=C/C(=C\C=C(/C)N1CC(CN2CCC(C(Cn3ccnc3)(c3ccccc3)[C@@H]3CCC[C@H]3OC(=O)NC)CC2)C1)S(=O)(=O)c1ccccc1. The van der Waals surface area contributed by atoms with Gasteiger partial charge in [-0.05, 0) is 87.9 Å². The van der Waals surface area contributed by atoms with Crippen LogP contribution in [-0.4, -0.2) is 79.7 Å². The van der Waals surface area contributed by atoms with Crippen LogP contribution in [0.5, 0.6) is 0 Å². The molecule has 9 nitrogen and oxygen atoms in total. The molecule has 1 saturated carbocycles. The third kappa shape index (κ3) is 7.61. The van der Waals surface area contributed by atoms with E-state index in [9.17, 15) is 13.2 Å². The molecule has 3 fully saturated rings. The minimum atomic E-state index is -3.61. The number of amides is 1. The number of carbonyl (C=O) groups excluding carboxylic acids is 1. The highest BCUT2D eigenvalue weighted by atomic mass is 32.2. The summed E-state index contributed by atoms with van der Waals surface area (Å²) in [5.74, 6) is 1.19. The number of sulfone groups is 1. The minimum absolute atomic E-state index is 0.134. The van der Waals surface area contributed by atoms with Gasteiger partial charge >= 0.3 is 6.09 Å². The van der Waals surface area contributed by atoms with Crippen molar-refractivity contribution in [2.24, 2.45) is 17.8 Å². The van der Waals surface area contributed by atoms with Gasteiger partial charge in [0.05, 0.1) is 16.1 Å². The maximum Gasteiger partial charge on any atom is 0.407 e. The van der Waals surface area contributed by atoms with Gasteiger partial charge in [-0.15, -0.1) is 0 Å². The summed E-state index contributed by atoms with van der Waals surface area (Å²) in [6, 6.07) is 19.4. The second kappa shape index (κ2) is 15.8. The van der Waals surface area contributed by atoms with Crippen molar-refractivity contribution in [2.45, 2.75) is 62.0 Å². The Bertz CT molecular complexity index is 1750. The fraction of sp³-hybridized carbons (Fsp3) is 0.450. The van der Waals surface area contributed by atoms with Crippen molar-refractivity contribution in [3.63, 3.8) is 0 Å². The van der Waals surface area contributed by atoms with Crippen molar-refractivity contribution < 1.29 is 17.9 Å². The molecule has 10 heteroatoms. The first-order valence-electron chi connectivity index (χ1n) is 17.9. The topological polar surface area (TPSA) is 96.8 Å². The van der Waals surface area contributed by atoms with Crippen LogP contribution in [0.2, 0.25) is 0 Å². The van der Waals surface area contributed by atoms with Gasteiger partial charge in [0.1, 0.15) is 6.10 Å². The van der Waals surface area contributed by atoms with Crippen LogP contribution in [0, 0.1) is 17.8 Å². The molecule has 2 saturated heterocycles. The molecule has 3 heterocycles. The van der Waals surface area contributed by atoms with Gasteiger partial charge in [-0.1, -0.05) is 61.2 Å². The van der Waals surface area contributed by atoms with E-state index in [-0.39, 0.29) is 33.3 Å². The molecule has 1 aliphatic carbocycles. The summed E-state index contributed by atoms with van der Waals surface area (Å²) >= 11 is 0. The van der Waals surface area contributed by atoms with E-state index >= 15 is 0 Å². The number of rotatable bonds is 13. The second-order valence-electron chi connectivity index (χ2n) is 14.1. The maximum absolute atomic E-state index is 13.1. The molecular weight excluding hydrogens is 647 g/mol. The Morgan fingerprint density at radius 1 is 1.02 bits per heavy atom. The Morgan fingerprint density at radius 2 is 1.72 bits per heavy atom. The van der Waals surface area contributed by atoms with Gasteiger partial charge in [0.2, 0.25) is 9.84 Å². The van der Waals surface area contributed by atoms with E-state index in [1.807, 2.05) is 31.6 Å². The molecule has 266 valence electrons. The highest BCUT2D eigenvalue weighted by Crippen LogP contribution is 2.52. The number of aromatic nitrogens is 2. The summed E-state index contributed by atoms with van der Waals surface area (Å²) in [4.78, 5) is 22.3. The zero-order valence-corrected chi connectivity index (χ0v) is 30.2. The predicted octanol–water partition coefficient (Wildman–Crippen LogP) is 6.44.